The number of fused-ring (bicyclic) bond motifs is 1. The molecule has 4 heteroatoms. The quantitative estimate of drug-likeness (QED) is 0.938. The molecule has 0 saturated heterocycles. The van der Waals surface area contributed by atoms with Gasteiger partial charge in [0.1, 0.15) is 11.9 Å². The van der Waals surface area contributed by atoms with E-state index in [1.807, 2.05) is 36.7 Å². The Morgan fingerprint density at radius 1 is 1.40 bits per heavy atom. The van der Waals surface area contributed by atoms with Crippen LogP contribution in [0.3, 0.4) is 0 Å². The molecule has 0 radical (unpaired) electrons. The molecule has 104 valence electrons. The summed E-state index contributed by atoms with van der Waals surface area (Å²) in [6.07, 6.45) is 4.82. The molecule has 1 aliphatic heterocycles. The molecule has 1 N–H and O–H groups in total. The van der Waals surface area contributed by atoms with E-state index in [-0.39, 0.29) is 6.10 Å². The Bertz CT molecular complexity index is 615. The van der Waals surface area contributed by atoms with E-state index in [0.29, 0.717) is 0 Å². The fourth-order valence-corrected chi connectivity index (χ4v) is 2.67. The normalized spacial score (nSPS) is 16.8. The highest BCUT2D eigenvalue weighted by Crippen LogP contribution is 2.30. The Kier molecular flexibility index (Phi) is 3.90. The second kappa shape index (κ2) is 5.81. The van der Waals surface area contributed by atoms with Gasteiger partial charge in [0.05, 0.1) is 0 Å². The zero-order valence-corrected chi connectivity index (χ0v) is 12.2. The van der Waals surface area contributed by atoms with Gasteiger partial charge in [-0.05, 0) is 47.9 Å². The van der Waals surface area contributed by atoms with E-state index in [2.05, 4.69) is 17.2 Å². The summed E-state index contributed by atoms with van der Waals surface area (Å²) in [6, 6.07) is 7.86. The van der Waals surface area contributed by atoms with Crippen molar-refractivity contribution in [3.8, 4) is 5.75 Å². The third kappa shape index (κ3) is 2.94. The average molecular weight is 289 g/mol. The monoisotopic (exact) mass is 288 g/mol. The molecule has 0 bridgehead atoms. The van der Waals surface area contributed by atoms with Gasteiger partial charge in [-0.1, -0.05) is 11.6 Å². The van der Waals surface area contributed by atoms with Crippen molar-refractivity contribution in [3.05, 3.63) is 58.4 Å². The van der Waals surface area contributed by atoms with E-state index in [1.165, 1.54) is 16.7 Å². The van der Waals surface area contributed by atoms with Crippen LogP contribution in [-0.2, 0) is 13.0 Å². The van der Waals surface area contributed by atoms with Crippen LogP contribution in [0.2, 0.25) is 5.02 Å². The second-order valence-corrected chi connectivity index (χ2v) is 5.57. The van der Waals surface area contributed by atoms with Gasteiger partial charge < -0.3 is 10.1 Å². The zero-order valence-electron chi connectivity index (χ0n) is 11.4. The predicted octanol–water partition coefficient (Wildman–Crippen LogP) is 3.14. The Hall–Kier alpha value is -1.58. The van der Waals surface area contributed by atoms with E-state index in [1.54, 1.807) is 0 Å². The highest BCUT2D eigenvalue weighted by molar-refractivity contribution is 6.30. The van der Waals surface area contributed by atoms with Gasteiger partial charge in [-0.25, -0.2) is 0 Å². The van der Waals surface area contributed by atoms with Gasteiger partial charge in [0.2, 0.25) is 0 Å². The summed E-state index contributed by atoms with van der Waals surface area (Å²) in [7, 11) is 0. The summed E-state index contributed by atoms with van der Waals surface area (Å²) in [5.74, 6) is 0.960. The number of benzene rings is 1. The fourth-order valence-electron chi connectivity index (χ4n) is 2.47. The van der Waals surface area contributed by atoms with E-state index in [0.717, 1.165) is 30.3 Å². The van der Waals surface area contributed by atoms with Crippen LogP contribution < -0.4 is 10.1 Å². The van der Waals surface area contributed by atoms with Crippen LogP contribution in [0, 0.1) is 6.92 Å². The van der Waals surface area contributed by atoms with Gasteiger partial charge in [0, 0.05) is 36.9 Å². The molecule has 3 rings (SSSR count). The third-order valence-corrected chi connectivity index (χ3v) is 3.82. The number of pyridine rings is 1. The minimum Gasteiger partial charge on any atom is -0.488 e. The number of hydrogen-bond donors (Lipinski definition) is 1. The molecule has 0 amide bonds. The first-order chi connectivity index (χ1) is 9.72. The van der Waals surface area contributed by atoms with E-state index in [4.69, 9.17) is 16.3 Å². The molecule has 3 nitrogen and oxygen atoms in total. The summed E-state index contributed by atoms with van der Waals surface area (Å²) < 4.78 is 5.90. The van der Waals surface area contributed by atoms with Crippen molar-refractivity contribution in [3.63, 3.8) is 0 Å². The first-order valence-corrected chi connectivity index (χ1v) is 7.15. The topological polar surface area (TPSA) is 34.2 Å². The molecule has 20 heavy (non-hydrogen) atoms. The Morgan fingerprint density at radius 3 is 3.15 bits per heavy atom. The van der Waals surface area contributed by atoms with E-state index in [9.17, 15) is 0 Å². The molecule has 0 aliphatic carbocycles. The second-order valence-electron chi connectivity index (χ2n) is 5.13. The summed E-state index contributed by atoms with van der Waals surface area (Å²) >= 11 is 6.00. The molecular weight excluding hydrogens is 272 g/mol. The number of aromatic nitrogens is 1. The van der Waals surface area contributed by atoms with Crippen molar-refractivity contribution >= 4 is 11.6 Å². The summed E-state index contributed by atoms with van der Waals surface area (Å²) in [4.78, 5) is 4.10. The maximum Gasteiger partial charge on any atom is 0.123 e. The lowest BCUT2D eigenvalue weighted by molar-refractivity contribution is 0.227. The van der Waals surface area contributed by atoms with Crippen LogP contribution in [0.15, 0.2) is 36.7 Å². The van der Waals surface area contributed by atoms with Crippen molar-refractivity contribution in [1.29, 1.82) is 0 Å². The number of ether oxygens (including phenoxy) is 1. The Morgan fingerprint density at radius 2 is 2.30 bits per heavy atom. The summed E-state index contributed by atoms with van der Waals surface area (Å²) in [6.45, 7) is 3.74. The molecule has 1 atom stereocenters. The number of halogens is 1. The summed E-state index contributed by atoms with van der Waals surface area (Å²) in [5.41, 5.74) is 3.69. The minimum atomic E-state index is 0.186. The standard InChI is InChI=1S/C16H17ClN2O/c1-11-8-18-5-4-12(11)9-19-10-15-7-13-6-14(17)2-3-16(13)20-15/h2-6,8,15,19H,7,9-10H2,1H3. The van der Waals surface area contributed by atoms with Crippen molar-refractivity contribution in [2.75, 3.05) is 6.54 Å². The Balaban J connectivity index is 1.53. The van der Waals surface area contributed by atoms with Crippen LogP contribution in [0.1, 0.15) is 16.7 Å². The fraction of sp³-hybridized carbons (Fsp3) is 0.312. The van der Waals surface area contributed by atoms with E-state index < -0.39 is 0 Å². The van der Waals surface area contributed by atoms with Crippen LogP contribution in [0.4, 0.5) is 0 Å². The summed E-state index contributed by atoms with van der Waals surface area (Å²) in [5, 5.41) is 4.22. The molecule has 1 aromatic heterocycles. The van der Waals surface area contributed by atoms with Gasteiger partial charge in [-0.15, -0.1) is 0 Å². The molecule has 1 aromatic carbocycles. The van der Waals surface area contributed by atoms with Crippen molar-refractivity contribution in [1.82, 2.24) is 10.3 Å². The maximum atomic E-state index is 6.00. The molecule has 0 spiro atoms. The van der Waals surface area contributed by atoms with Crippen LogP contribution in [-0.4, -0.2) is 17.6 Å². The number of aryl methyl sites for hydroxylation is 1. The lowest BCUT2D eigenvalue weighted by Gasteiger charge is -2.12. The predicted molar refractivity (Wildman–Crippen MR) is 80.3 cm³/mol. The third-order valence-electron chi connectivity index (χ3n) is 3.59. The van der Waals surface area contributed by atoms with Crippen LogP contribution >= 0.6 is 11.6 Å². The molecule has 1 unspecified atom stereocenters. The van der Waals surface area contributed by atoms with Crippen molar-refractivity contribution in [2.24, 2.45) is 0 Å². The smallest absolute Gasteiger partial charge is 0.123 e. The Labute approximate surface area is 123 Å². The van der Waals surface area contributed by atoms with Crippen LogP contribution in [0.5, 0.6) is 5.75 Å². The van der Waals surface area contributed by atoms with Gasteiger partial charge in [-0.2, -0.15) is 0 Å². The van der Waals surface area contributed by atoms with Gasteiger partial charge in [-0.3, -0.25) is 4.98 Å². The molecule has 2 heterocycles. The van der Waals surface area contributed by atoms with Gasteiger partial charge in [0.15, 0.2) is 0 Å². The SMILES string of the molecule is Cc1cnccc1CNCC1Cc2cc(Cl)ccc2O1. The first-order valence-electron chi connectivity index (χ1n) is 6.77. The van der Waals surface area contributed by atoms with Gasteiger partial charge in [0.25, 0.3) is 0 Å². The molecule has 0 saturated carbocycles. The lowest BCUT2D eigenvalue weighted by atomic mass is 10.1. The average Bonchev–Trinajstić information content (AvgIpc) is 2.83. The van der Waals surface area contributed by atoms with E-state index >= 15 is 0 Å². The highest BCUT2D eigenvalue weighted by Gasteiger charge is 2.22. The molecule has 1 aliphatic rings. The maximum absolute atomic E-state index is 6.00. The zero-order chi connectivity index (χ0) is 13.9. The van der Waals surface area contributed by atoms with Crippen molar-refractivity contribution in [2.45, 2.75) is 26.0 Å². The van der Waals surface area contributed by atoms with Crippen LogP contribution in [0.25, 0.3) is 0 Å². The molecule has 2 aromatic rings. The minimum absolute atomic E-state index is 0.186. The largest absolute Gasteiger partial charge is 0.488 e. The van der Waals surface area contributed by atoms with Gasteiger partial charge >= 0.3 is 0 Å². The first kappa shape index (κ1) is 13.4. The number of nitrogens with zero attached hydrogens (tertiary/aromatic N) is 1. The van der Waals surface area contributed by atoms with Crippen molar-refractivity contribution < 1.29 is 4.74 Å². The lowest BCUT2D eigenvalue weighted by Crippen LogP contribution is -2.29. The number of nitrogens with one attached hydrogen (secondary N) is 1. The highest BCUT2D eigenvalue weighted by atomic mass is 35.5. The molecule has 0 fully saturated rings. The number of rotatable bonds is 4. The number of hydrogen-bond acceptors (Lipinski definition) is 3. The molecular formula is C16H17ClN2O.